The maximum absolute atomic E-state index is 12.8. The Morgan fingerprint density at radius 1 is 0.758 bits per heavy atom. The lowest BCUT2D eigenvalue weighted by Crippen LogP contribution is -2.16. The van der Waals surface area contributed by atoms with Crippen molar-refractivity contribution in [3.63, 3.8) is 0 Å². The van der Waals surface area contributed by atoms with Crippen LogP contribution in [0.1, 0.15) is 5.56 Å². The minimum Gasteiger partial charge on any atom is -0.280 e. The normalized spacial score (nSPS) is 12.2. The number of nitro groups is 1. The zero-order valence-electron chi connectivity index (χ0n) is 16.3. The number of nitrogens with one attached hydrogen (secondary N) is 2. The zero-order valence-corrected chi connectivity index (χ0v) is 17.9. The molecule has 9 nitrogen and oxygen atoms in total. The molecule has 3 aromatic carbocycles. The Bertz CT molecular complexity index is 1410. The lowest BCUT2D eigenvalue weighted by atomic mass is 10.2. The molecule has 0 atom stereocenters. The predicted octanol–water partition coefficient (Wildman–Crippen LogP) is 4.22. The first kappa shape index (κ1) is 24.0. The molecular weight excluding hydrogens is 487 g/mol. The molecule has 0 aliphatic rings. The molecule has 0 radical (unpaired) electrons. The smallest absolute Gasteiger partial charge is 0.280 e. The molecule has 0 aliphatic carbocycles. The molecule has 2 N–H and O–H groups in total. The Kier molecular flexibility index (Phi) is 6.33. The van der Waals surface area contributed by atoms with Gasteiger partial charge in [-0.25, -0.2) is 16.8 Å². The number of hydrogen-bond acceptors (Lipinski definition) is 6. The lowest BCUT2D eigenvalue weighted by Gasteiger charge is -2.12. The van der Waals surface area contributed by atoms with Crippen LogP contribution in [0.2, 0.25) is 0 Å². The Balaban J connectivity index is 1.82. The van der Waals surface area contributed by atoms with Gasteiger partial charge in [-0.2, -0.15) is 13.2 Å². The topological polar surface area (TPSA) is 135 Å². The summed E-state index contributed by atoms with van der Waals surface area (Å²) in [7, 11) is -8.66. The Labute approximate surface area is 186 Å². The van der Waals surface area contributed by atoms with Crippen molar-refractivity contribution < 1.29 is 34.9 Å². The third kappa shape index (κ3) is 5.59. The minimum atomic E-state index is -4.66. The quantitative estimate of drug-likeness (QED) is 0.368. The molecule has 0 amide bonds. The van der Waals surface area contributed by atoms with Crippen LogP contribution in [0.3, 0.4) is 0 Å². The molecule has 0 unspecified atom stereocenters. The second-order valence-electron chi connectivity index (χ2n) is 6.54. The second-order valence-corrected chi connectivity index (χ2v) is 9.87. The number of anilines is 2. The van der Waals surface area contributed by atoms with Crippen LogP contribution in [0.4, 0.5) is 30.2 Å². The van der Waals surface area contributed by atoms with E-state index in [1.165, 1.54) is 12.1 Å². The molecule has 3 aromatic rings. The van der Waals surface area contributed by atoms with Crippen molar-refractivity contribution >= 4 is 37.1 Å². The van der Waals surface area contributed by atoms with Crippen molar-refractivity contribution in [2.24, 2.45) is 0 Å². The second kappa shape index (κ2) is 8.71. The van der Waals surface area contributed by atoms with Crippen molar-refractivity contribution in [3.8, 4) is 0 Å². The molecule has 174 valence electrons. The number of hydrogen-bond donors (Lipinski definition) is 2. The molecule has 0 saturated carbocycles. The monoisotopic (exact) mass is 501 g/mol. The maximum atomic E-state index is 12.8. The fraction of sp³-hybridized carbons (Fsp3) is 0.0526. The molecule has 0 heterocycles. The van der Waals surface area contributed by atoms with E-state index in [4.69, 9.17) is 0 Å². The molecule has 14 heteroatoms. The van der Waals surface area contributed by atoms with Gasteiger partial charge < -0.3 is 0 Å². The van der Waals surface area contributed by atoms with Crippen LogP contribution in [-0.2, 0) is 26.2 Å². The lowest BCUT2D eigenvalue weighted by molar-refractivity contribution is -0.387. The predicted molar refractivity (Wildman–Crippen MR) is 113 cm³/mol. The molecule has 0 aliphatic heterocycles. The summed E-state index contributed by atoms with van der Waals surface area (Å²) in [6.45, 7) is 0. The van der Waals surface area contributed by atoms with Crippen LogP contribution in [0, 0.1) is 10.1 Å². The van der Waals surface area contributed by atoms with Gasteiger partial charge in [-0.15, -0.1) is 0 Å². The molecule has 0 aromatic heterocycles. The van der Waals surface area contributed by atoms with E-state index in [1.807, 2.05) is 4.72 Å². The van der Waals surface area contributed by atoms with Gasteiger partial charge in [0.25, 0.3) is 25.7 Å². The summed E-state index contributed by atoms with van der Waals surface area (Å²) in [5, 5.41) is 11.1. The number of sulfonamides is 2. The van der Waals surface area contributed by atoms with E-state index in [0.717, 1.165) is 54.6 Å². The highest BCUT2D eigenvalue weighted by Gasteiger charge is 2.31. The Morgan fingerprint density at radius 3 is 1.97 bits per heavy atom. The van der Waals surface area contributed by atoms with Gasteiger partial charge in [0.2, 0.25) is 0 Å². The molecule has 0 saturated heterocycles. The number of nitrogens with zero attached hydrogens (tertiary/aromatic N) is 1. The van der Waals surface area contributed by atoms with E-state index in [1.54, 1.807) is 0 Å². The summed E-state index contributed by atoms with van der Waals surface area (Å²) in [4.78, 5) is 9.28. The first-order chi connectivity index (χ1) is 15.3. The standard InChI is InChI=1S/C19H14F3N3O6S2/c20-19(21,22)13-4-3-5-15(12-13)24-32(28,29)16-10-8-14(9-11-16)23-33(30,31)18-7-2-1-6-17(18)25(26)27/h1-12,23-24H. The fourth-order valence-electron chi connectivity index (χ4n) is 2.72. The highest BCUT2D eigenvalue weighted by Crippen LogP contribution is 2.31. The van der Waals surface area contributed by atoms with Crippen molar-refractivity contribution in [2.75, 3.05) is 9.44 Å². The summed E-state index contributed by atoms with van der Waals surface area (Å²) in [6.07, 6.45) is -4.66. The van der Waals surface area contributed by atoms with Crippen LogP contribution in [0.5, 0.6) is 0 Å². The number of alkyl halides is 3. The highest BCUT2D eigenvalue weighted by atomic mass is 32.2. The van der Waals surface area contributed by atoms with Gasteiger partial charge in [0.1, 0.15) is 0 Å². The third-order valence-corrected chi connectivity index (χ3v) is 7.04. The molecule has 0 fully saturated rings. The summed E-state index contributed by atoms with van der Waals surface area (Å²) in [5.41, 5.74) is -2.09. The van der Waals surface area contributed by atoms with Crippen LogP contribution in [-0.4, -0.2) is 21.8 Å². The number of halogens is 3. The van der Waals surface area contributed by atoms with E-state index in [-0.39, 0.29) is 16.3 Å². The van der Waals surface area contributed by atoms with Gasteiger partial charge in [0.05, 0.1) is 15.4 Å². The third-order valence-electron chi connectivity index (χ3n) is 4.21. The van der Waals surface area contributed by atoms with E-state index < -0.39 is 47.3 Å². The molecule has 0 bridgehead atoms. The van der Waals surface area contributed by atoms with Crippen molar-refractivity contribution in [3.05, 3.63) is 88.5 Å². The number of benzene rings is 3. The number of nitro benzene ring substituents is 1. The summed E-state index contributed by atoms with van der Waals surface area (Å²) in [6, 6.07) is 12.5. The van der Waals surface area contributed by atoms with Crippen molar-refractivity contribution in [2.45, 2.75) is 16.0 Å². The summed E-state index contributed by atoms with van der Waals surface area (Å²) >= 11 is 0. The Hall–Kier alpha value is -3.65. The van der Waals surface area contributed by atoms with Crippen molar-refractivity contribution in [1.82, 2.24) is 0 Å². The van der Waals surface area contributed by atoms with Crippen LogP contribution < -0.4 is 9.44 Å². The highest BCUT2D eigenvalue weighted by molar-refractivity contribution is 7.93. The SMILES string of the molecule is O=[N+]([O-])c1ccccc1S(=O)(=O)Nc1ccc(S(=O)(=O)Nc2cccc(C(F)(F)F)c2)cc1. The minimum absolute atomic E-state index is 0.0915. The molecular formula is C19H14F3N3O6S2. The molecule has 33 heavy (non-hydrogen) atoms. The zero-order chi connectivity index (χ0) is 24.4. The number of rotatable bonds is 7. The van der Waals surface area contributed by atoms with Crippen LogP contribution >= 0.6 is 0 Å². The first-order valence-electron chi connectivity index (χ1n) is 8.86. The molecule has 0 spiro atoms. The van der Waals surface area contributed by atoms with Crippen LogP contribution in [0.15, 0.2) is 82.6 Å². The maximum Gasteiger partial charge on any atom is 0.416 e. The largest absolute Gasteiger partial charge is 0.416 e. The number of para-hydroxylation sites is 1. The van der Waals surface area contributed by atoms with Gasteiger partial charge >= 0.3 is 6.18 Å². The van der Waals surface area contributed by atoms with Gasteiger partial charge in [-0.05, 0) is 48.5 Å². The van der Waals surface area contributed by atoms with Gasteiger partial charge in [0.15, 0.2) is 4.90 Å². The fourth-order valence-corrected chi connectivity index (χ4v) is 5.00. The first-order valence-corrected chi connectivity index (χ1v) is 11.8. The van der Waals surface area contributed by atoms with Gasteiger partial charge in [-0.3, -0.25) is 19.6 Å². The average molecular weight is 501 g/mol. The van der Waals surface area contributed by atoms with Gasteiger partial charge in [-0.1, -0.05) is 18.2 Å². The van der Waals surface area contributed by atoms with E-state index in [2.05, 4.69) is 4.72 Å². The molecule has 3 rings (SSSR count). The van der Waals surface area contributed by atoms with Crippen LogP contribution in [0.25, 0.3) is 0 Å². The van der Waals surface area contributed by atoms with E-state index in [9.17, 15) is 40.1 Å². The summed E-state index contributed by atoms with van der Waals surface area (Å²) < 4.78 is 92.6. The van der Waals surface area contributed by atoms with Crippen molar-refractivity contribution in [1.29, 1.82) is 0 Å². The Morgan fingerprint density at radius 2 is 1.36 bits per heavy atom. The van der Waals surface area contributed by atoms with Gasteiger partial charge in [0, 0.05) is 17.4 Å². The van der Waals surface area contributed by atoms with E-state index in [0.29, 0.717) is 6.07 Å². The average Bonchev–Trinajstić information content (AvgIpc) is 2.73. The summed E-state index contributed by atoms with van der Waals surface area (Å²) in [5.74, 6) is 0. The van der Waals surface area contributed by atoms with E-state index >= 15 is 0 Å².